The molecule has 0 aromatic heterocycles. The van der Waals surface area contributed by atoms with E-state index in [9.17, 15) is 0 Å². The summed E-state index contributed by atoms with van der Waals surface area (Å²) in [4.78, 5) is 0. The van der Waals surface area contributed by atoms with E-state index in [1.807, 2.05) is 18.2 Å². The second kappa shape index (κ2) is 7.28. The number of hydrogen-bond acceptors (Lipinski definition) is 1. The Morgan fingerprint density at radius 2 is 2.11 bits per heavy atom. The lowest BCUT2D eigenvalue weighted by Crippen LogP contribution is -2.28. The van der Waals surface area contributed by atoms with Gasteiger partial charge in [-0.25, -0.2) is 0 Å². The number of hydrogen-bond donors (Lipinski definition) is 0. The van der Waals surface area contributed by atoms with E-state index < -0.39 is 0 Å². The maximum absolute atomic E-state index is 6.33. The van der Waals surface area contributed by atoms with Gasteiger partial charge in [-0.3, -0.25) is 0 Å². The molecular formula is C16H22ClIO. The second-order valence-electron chi connectivity index (χ2n) is 5.72. The van der Waals surface area contributed by atoms with Crippen molar-refractivity contribution in [1.29, 1.82) is 0 Å². The average Bonchev–Trinajstić information content (AvgIpc) is 2.40. The molecule has 1 nitrogen and oxygen atoms in total. The van der Waals surface area contributed by atoms with Gasteiger partial charge < -0.3 is 4.74 Å². The SMILES string of the molecule is CC1CCC(OC(CI)c2cccc(Cl)c2)CC1C. The Balaban J connectivity index is 1.99. The molecule has 0 amide bonds. The summed E-state index contributed by atoms with van der Waals surface area (Å²) in [5.41, 5.74) is 1.20. The molecule has 1 aliphatic rings. The minimum absolute atomic E-state index is 0.171. The van der Waals surface area contributed by atoms with Gasteiger partial charge in [0.05, 0.1) is 12.2 Å². The normalized spacial score (nSPS) is 29.2. The van der Waals surface area contributed by atoms with E-state index in [1.165, 1.54) is 24.8 Å². The fraction of sp³-hybridized carbons (Fsp3) is 0.625. The molecule has 0 N–H and O–H groups in total. The smallest absolute Gasteiger partial charge is 0.0918 e. The van der Waals surface area contributed by atoms with Crippen LogP contribution < -0.4 is 0 Å². The van der Waals surface area contributed by atoms with E-state index in [4.69, 9.17) is 16.3 Å². The number of benzene rings is 1. The topological polar surface area (TPSA) is 9.23 Å². The summed E-state index contributed by atoms with van der Waals surface area (Å²) in [7, 11) is 0. The average molecular weight is 393 g/mol. The maximum atomic E-state index is 6.33. The van der Waals surface area contributed by atoms with Crippen molar-refractivity contribution in [2.24, 2.45) is 11.8 Å². The minimum Gasteiger partial charge on any atom is -0.369 e. The van der Waals surface area contributed by atoms with E-state index in [2.05, 4.69) is 42.5 Å². The van der Waals surface area contributed by atoms with Crippen LogP contribution in [0.15, 0.2) is 24.3 Å². The molecule has 4 unspecified atom stereocenters. The molecular weight excluding hydrogens is 371 g/mol. The molecule has 0 saturated heterocycles. The van der Waals surface area contributed by atoms with E-state index in [0.717, 1.165) is 21.3 Å². The largest absolute Gasteiger partial charge is 0.369 e. The zero-order valence-electron chi connectivity index (χ0n) is 11.6. The highest BCUT2D eigenvalue weighted by molar-refractivity contribution is 14.1. The molecule has 4 atom stereocenters. The van der Waals surface area contributed by atoms with Gasteiger partial charge in [-0.2, -0.15) is 0 Å². The first-order valence-corrected chi connectivity index (χ1v) is 8.97. The van der Waals surface area contributed by atoms with Gasteiger partial charge in [0.2, 0.25) is 0 Å². The maximum Gasteiger partial charge on any atom is 0.0918 e. The lowest BCUT2D eigenvalue weighted by Gasteiger charge is -2.34. The zero-order valence-corrected chi connectivity index (χ0v) is 14.5. The monoisotopic (exact) mass is 392 g/mol. The van der Waals surface area contributed by atoms with Crippen molar-refractivity contribution in [3.63, 3.8) is 0 Å². The predicted octanol–water partition coefficient (Wildman–Crippen LogP) is 5.66. The van der Waals surface area contributed by atoms with Gasteiger partial charge in [0, 0.05) is 9.45 Å². The molecule has 1 aromatic carbocycles. The summed E-state index contributed by atoms with van der Waals surface area (Å²) >= 11 is 8.48. The lowest BCUT2D eigenvalue weighted by molar-refractivity contribution is -0.0377. The van der Waals surface area contributed by atoms with Gasteiger partial charge in [0.1, 0.15) is 0 Å². The van der Waals surface area contributed by atoms with Gasteiger partial charge in [0.25, 0.3) is 0 Å². The van der Waals surface area contributed by atoms with Gasteiger partial charge in [-0.05, 0) is 48.8 Å². The summed E-state index contributed by atoms with van der Waals surface area (Å²) in [5, 5.41) is 0.793. The van der Waals surface area contributed by atoms with Crippen molar-refractivity contribution in [2.45, 2.75) is 45.3 Å². The first-order valence-electron chi connectivity index (χ1n) is 7.07. The molecule has 0 heterocycles. The van der Waals surface area contributed by atoms with Crippen molar-refractivity contribution >= 4 is 34.2 Å². The Morgan fingerprint density at radius 3 is 2.74 bits per heavy atom. The number of ether oxygens (including phenoxy) is 1. The molecule has 106 valence electrons. The fourth-order valence-corrected chi connectivity index (χ4v) is 3.68. The summed E-state index contributed by atoms with van der Waals surface area (Å²) in [6.45, 7) is 4.70. The van der Waals surface area contributed by atoms with E-state index >= 15 is 0 Å². The molecule has 19 heavy (non-hydrogen) atoms. The third kappa shape index (κ3) is 4.33. The van der Waals surface area contributed by atoms with E-state index in [0.29, 0.717) is 6.10 Å². The van der Waals surface area contributed by atoms with Crippen LogP contribution in [-0.2, 0) is 4.74 Å². The highest BCUT2D eigenvalue weighted by Gasteiger charge is 2.27. The lowest BCUT2D eigenvalue weighted by atomic mass is 9.80. The van der Waals surface area contributed by atoms with Crippen LogP contribution in [0.25, 0.3) is 0 Å². The summed E-state index contributed by atoms with van der Waals surface area (Å²) in [6, 6.07) is 8.06. The first kappa shape index (κ1) is 15.6. The van der Waals surface area contributed by atoms with Crippen LogP contribution in [0, 0.1) is 11.8 Å². The van der Waals surface area contributed by atoms with Crippen LogP contribution in [-0.4, -0.2) is 10.5 Å². The summed E-state index contributed by atoms with van der Waals surface area (Å²) in [5.74, 6) is 1.61. The number of alkyl halides is 1. The third-order valence-corrected chi connectivity index (χ3v) is 5.30. The molecule has 1 saturated carbocycles. The van der Waals surface area contributed by atoms with Gasteiger partial charge in [0.15, 0.2) is 0 Å². The number of rotatable bonds is 4. The van der Waals surface area contributed by atoms with Gasteiger partial charge in [-0.1, -0.05) is 60.2 Å². The van der Waals surface area contributed by atoms with Crippen LogP contribution in [0.1, 0.15) is 44.8 Å². The van der Waals surface area contributed by atoms with Gasteiger partial charge in [-0.15, -0.1) is 0 Å². The summed E-state index contributed by atoms with van der Waals surface area (Å²) < 4.78 is 7.30. The molecule has 0 spiro atoms. The zero-order chi connectivity index (χ0) is 13.8. The Bertz CT molecular complexity index is 409. The Labute approximate surface area is 135 Å². The van der Waals surface area contributed by atoms with E-state index in [1.54, 1.807) is 0 Å². The molecule has 1 aromatic rings. The quantitative estimate of drug-likeness (QED) is 0.475. The van der Waals surface area contributed by atoms with Gasteiger partial charge >= 0.3 is 0 Å². The third-order valence-electron chi connectivity index (χ3n) is 4.27. The molecule has 1 fully saturated rings. The van der Waals surface area contributed by atoms with Crippen molar-refractivity contribution < 1.29 is 4.74 Å². The van der Waals surface area contributed by atoms with E-state index in [-0.39, 0.29) is 6.10 Å². The first-order chi connectivity index (χ1) is 9.10. The molecule has 3 heteroatoms. The standard InChI is InChI=1S/C16H22ClIO/c1-11-6-7-15(8-12(11)2)19-16(10-18)13-4-3-5-14(17)9-13/h3-5,9,11-12,15-16H,6-8,10H2,1-2H3. The predicted molar refractivity (Wildman–Crippen MR) is 90.1 cm³/mol. The van der Waals surface area contributed by atoms with Crippen LogP contribution in [0.2, 0.25) is 5.02 Å². The van der Waals surface area contributed by atoms with Crippen LogP contribution in [0.4, 0.5) is 0 Å². The Kier molecular flexibility index (Phi) is 5.97. The van der Waals surface area contributed by atoms with Crippen LogP contribution in [0.5, 0.6) is 0 Å². The van der Waals surface area contributed by atoms with Crippen LogP contribution >= 0.6 is 34.2 Å². The highest BCUT2D eigenvalue weighted by atomic mass is 127. The number of halogens is 2. The second-order valence-corrected chi connectivity index (χ2v) is 7.04. The van der Waals surface area contributed by atoms with Crippen molar-refractivity contribution in [3.8, 4) is 0 Å². The van der Waals surface area contributed by atoms with Crippen molar-refractivity contribution in [3.05, 3.63) is 34.9 Å². The molecule has 0 bridgehead atoms. The Hall–Kier alpha value is 0.200. The minimum atomic E-state index is 0.171. The summed E-state index contributed by atoms with van der Waals surface area (Å²) in [6.07, 6.45) is 4.25. The molecule has 0 radical (unpaired) electrons. The highest BCUT2D eigenvalue weighted by Crippen LogP contribution is 2.34. The molecule has 1 aliphatic carbocycles. The fourth-order valence-electron chi connectivity index (χ4n) is 2.76. The van der Waals surface area contributed by atoms with Crippen molar-refractivity contribution in [1.82, 2.24) is 0 Å². The molecule has 2 rings (SSSR count). The van der Waals surface area contributed by atoms with Crippen LogP contribution in [0.3, 0.4) is 0 Å². The van der Waals surface area contributed by atoms with Crippen molar-refractivity contribution in [2.75, 3.05) is 4.43 Å². The molecule has 0 aliphatic heterocycles. The Morgan fingerprint density at radius 1 is 1.32 bits per heavy atom.